The average Bonchev–Trinajstić information content (AvgIpc) is 3.30. The van der Waals surface area contributed by atoms with E-state index in [0.717, 1.165) is 23.9 Å². The molecule has 1 saturated carbocycles. The third-order valence-electron chi connectivity index (χ3n) is 3.86. The summed E-state index contributed by atoms with van der Waals surface area (Å²) in [7, 11) is 0. The first kappa shape index (κ1) is 14.6. The highest BCUT2D eigenvalue weighted by Gasteiger charge is 2.24. The summed E-state index contributed by atoms with van der Waals surface area (Å²) in [4.78, 5) is 16.5. The van der Waals surface area contributed by atoms with Crippen LogP contribution >= 0.6 is 0 Å². The number of H-pyrrole nitrogens is 1. The van der Waals surface area contributed by atoms with Gasteiger partial charge >= 0.3 is 0 Å². The van der Waals surface area contributed by atoms with Gasteiger partial charge in [-0.2, -0.15) is 5.10 Å². The van der Waals surface area contributed by atoms with E-state index in [-0.39, 0.29) is 17.8 Å². The van der Waals surface area contributed by atoms with Gasteiger partial charge < -0.3 is 5.32 Å². The van der Waals surface area contributed by atoms with Crippen molar-refractivity contribution >= 4 is 29.1 Å². The summed E-state index contributed by atoms with van der Waals surface area (Å²) in [5.74, 6) is -0.457. The fourth-order valence-corrected chi connectivity index (χ4v) is 2.43. The fraction of sp³-hybridized carbons (Fsp3) is 0.167. The Bertz CT molecular complexity index is 943. The number of nitrogens with zero attached hydrogens (tertiary/aromatic N) is 2. The second-order valence-electron chi connectivity index (χ2n) is 5.84. The monoisotopic (exact) mass is 322 g/mol. The van der Waals surface area contributed by atoms with Crippen LogP contribution in [0.4, 0.5) is 4.39 Å². The number of rotatable bonds is 4. The summed E-state index contributed by atoms with van der Waals surface area (Å²) >= 11 is 0. The second kappa shape index (κ2) is 5.88. The molecule has 1 aliphatic carbocycles. The van der Waals surface area contributed by atoms with E-state index in [4.69, 9.17) is 0 Å². The van der Waals surface area contributed by atoms with Crippen molar-refractivity contribution in [2.45, 2.75) is 18.9 Å². The van der Waals surface area contributed by atoms with E-state index < -0.39 is 0 Å². The van der Waals surface area contributed by atoms with Crippen molar-refractivity contribution in [2.75, 3.05) is 0 Å². The van der Waals surface area contributed by atoms with Crippen LogP contribution in [0.15, 0.2) is 36.4 Å². The maximum atomic E-state index is 13.2. The van der Waals surface area contributed by atoms with Crippen LogP contribution in [0.25, 0.3) is 23.2 Å². The van der Waals surface area contributed by atoms with Gasteiger partial charge in [0.2, 0.25) is 0 Å². The minimum absolute atomic E-state index is 0.166. The van der Waals surface area contributed by atoms with E-state index in [0.29, 0.717) is 16.9 Å². The zero-order chi connectivity index (χ0) is 16.5. The molecule has 0 bridgehead atoms. The van der Waals surface area contributed by atoms with Gasteiger partial charge in [0.15, 0.2) is 0 Å². The standard InChI is InChI=1S/C18H15FN4O/c19-12-3-1-2-11(10-12)4-7-14-17-15(23-22-14)8-9-16(21-17)18(24)20-13-5-6-13/h1-4,7-10,13H,5-6H2,(H,20,24)(H,22,23). The Labute approximate surface area is 137 Å². The number of aromatic nitrogens is 3. The van der Waals surface area contributed by atoms with E-state index in [1.807, 2.05) is 0 Å². The van der Waals surface area contributed by atoms with Crippen molar-refractivity contribution in [3.8, 4) is 0 Å². The van der Waals surface area contributed by atoms with Gasteiger partial charge in [0.1, 0.15) is 22.7 Å². The normalized spacial score (nSPS) is 14.4. The number of carbonyl (C=O) groups excluding carboxylic acids is 1. The molecule has 5 nitrogen and oxygen atoms in total. The lowest BCUT2D eigenvalue weighted by atomic mass is 10.2. The molecule has 2 heterocycles. The Hall–Kier alpha value is -3.02. The minimum atomic E-state index is -0.291. The topological polar surface area (TPSA) is 70.7 Å². The number of pyridine rings is 1. The number of hydrogen-bond donors (Lipinski definition) is 2. The van der Waals surface area contributed by atoms with E-state index in [1.54, 1.807) is 36.4 Å². The van der Waals surface area contributed by atoms with Crippen molar-refractivity contribution in [2.24, 2.45) is 0 Å². The molecule has 2 aromatic heterocycles. The molecule has 2 N–H and O–H groups in total. The van der Waals surface area contributed by atoms with E-state index in [1.165, 1.54) is 12.1 Å². The molecule has 1 amide bonds. The molecule has 0 unspecified atom stereocenters. The SMILES string of the molecule is O=C(NC1CC1)c1ccc2[nH]nc(C=Cc3cccc(F)c3)c2n1. The van der Waals surface area contributed by atoms with E-state index in [2.05, 4.69) is 20.5 Å². The molecule has 0 spiro atoms. The average molecular weight is 322 g/mol. The number of halogens is 1. The number of hydrogen-bond acceptors (Lipinski definition) is 3. The maximum Gasteiger partial charge on any atom is 0.270 e. The lowest BCUT2D eigenvalue weighted by Gasteiger charge is -2.02. The molecule has 0 saturated heterocycles. The Balaban J connectivity index is 1.64. The van der Waals surface area contributed by atoms with Crippen LogP contribution in [-0.2, 0) is 0 Å². The van der Waals surface area contributed by atoms with Gasteiger partial charge in [-0.3, -0.25) is 9.89 Å². The first-order valence-electron chi connectivity index (χ1n) is 7.79. The van der Waals surface area contributed by atoms with Gasteiger partial charge in [-0.25, -0.2) is 9.37 Å². The molecular formula is C18H15FN4O. The molecule has 120 valence electrons. The van der Waals surface area contributed by atoms with E-state index >= 15 is 0 Å². The second-order valence-corrected chi connectivity index (χ2v) is 5.84. The zero-order valence-corrected chi connectivity index (χ0v) is 12.8. The van der Waals surface area contributed by atoms with Crippen molar-refractivity contribution < 1.29 is 9.18 Å². The first-order valence-corrected chi connectivity index (χ1v) is 7.79. The van der Waals surface area contributed by atoms with Gasteiger partial charge in [0.25, 0.3) is 5.91 Å². The van der Waals surface area contributed by atoms with Crippen LogP contribution in [-0.4, -0.2) is 27.1 Å². The van der Waals surface area contributed by atoms with Crippen molar-refractivity contribution in [1.29, 1.82) is 0 Å². The zero-order valence-electron chi connectivity index (χ0n) is 12.8. The molecule has 1 aromatic carbocycles. The lowest BCUT2D eigenvalue weighted by Crippen LogP contribution is -2.26. The Morgan fingerprint density at radius 3 is 2.92 bits per heavy atom. The number of nitrogens with one attached hydrogen (secondary N) is 2. The first-order chi connectivity index (χ1) is 11.7. The Morgan fingerprint density at radius 1 is 1.25 bits per heavy atom. The predicted octanol–water partition coefficient (Wildman–Crippen LogP) is 3.16. The lowest BCUT2D eigenvalue weighted by molar-refractivity contribution is 0.0946. The smallest absolute Gasteiger partial charge is 0.270 e. The number of aromatic amines is 1. The number of carbonyl (C=O) groups is 1. The molecule has 0 radical (unpaired) electrons. The van der Waals surface area contributed by atoms with Gasteiger partial charge in [-0.15, -0.1) is 0 Å². The van der Waals surface area contributed by atoms with Crippen molar-refractivity contribution in [1.82, 2.24) is 20.5 Å². The molecule has 1 aliphatic rings. The highest BCUT2D eigenvalue weighted by Crippen LogP contribution is 2.20. The Morgan fingerprint density at radius 2 is 2.12 bits per heavy atom. The summed E-state index contributed by atoms with van der Waals surface area (Å²) in [6.07, 6.45) is 5.57. The highest BCUT2D eigenvalue weighted by molar-refractivity contribution is 5.96. The van der Waals surface area contributed by atoms with Gasteiger partial charge in [-0.05, 0) is 48.7 Å². The molecule has 4 rings (SSSR count). The molecular weight excluding hydrogens is 307 g/mol. The van der Waals surface area contributed by atoms with Crippen LogP contribution in [0.3, 0.4) is 0 Å². The van der Waals surface area contributed by atoms with Crippen molar-refractivity contribution in [3.05, 3.63) is 59.2 Å². The summed E-state index contributed by atoms with van der Waals surface area (Å²) in [5.41, 5.74) is 3.07. The Kier molecular flexibility index (Phi) is 3.57. The third kappa shape index (κ3) is 3.03. The molecule has 1 fully saturated rings. The van der Waals surface area contributed by atoms with Gasteiger partial charge in [0, 0.05) is 6.04 Å². The summed E-state index contributed by atoms with van der Waals surface area (Å²) in [6.45, 7) is 0. The largest absolute Gasteiger partial charge is 0.348 e. The fourth-order valence-electron chi connectivity index (χ4n) is 2.43. The quantitative estimate of drug-likeness (QED) is 0.775. The van der Waals surface area contributed by atoms with Crippen LogP contribution in [0.5, 0.6) is 0 Å². The molecule has 3 aromatic rings. The van der Waals surface area contributed by atoms with Crippen LogP contribution in [0.2, 0.25) is 0 Å². The highest BCUT2D eigenvalue weighted by atomic mass is 19.1. The van der Waals surface area contributed by atoms with Gasteiger partial charge in [0.05, 0.1) is 5.52 Å². The molecule has 6 heteroatoms. The molecule has 0 atom stereocenters. The van der Waals surface area contributed by atoms with Crippen LogP contribution in [0.1, 0.15) is 34.6 Å². The number of benzene rings is 1. The minimum Gasteiger partial charge on any atom is -0.348 e. The summed E-state index contributed by atoms with van der Waals surface area (Å²) < 4.78 is 13.2. The van der Waals surface area contributed by atoms with Crippen molar-refractivity contribution in [3.63, 3.8) is 0 Å². The van der Waals surface area contributed by atoms with Gasteiger partial charge in [-0.1, -0.05) is 18.2 Å². The third-order valence-corrected chi connectivity index (χ3v) is 3.86. The predicted molar refractivity (Wildman–Crippen MR) is 89.7 cm³/mol. The summed E-state index contributed by atoms with van der Waals surface area (Å²) in [5, 5.41) is 10.0. The molecule has 24 heavy (non-hydrogen) atoms. The summed E-state index contributed by atoms with van der Waals surface area (Å²) in [6, 6.07) is 10.0. The molecule has 0 aliphatic heterocycles. The van der Waals surface area contributed by atoms with Crippen LogP contribution < -0.4 is 5.32 Å². The van der Waals surface area contributed by atoms with E-state index in [9.17, 15) is 9.18 Å². The van der Waals surface area contributed by atoms with Crippen LogP contribution in [0, 0.1) is 5.82 Å². The number of fused-ring (bicyclic) bond motifs is 1. The maximum absolute atomic E-state index is 13.2. The number of amides is 1.